The van der Waals surface area contributed by atoms with Gasteiger partial charge in [0.05, 0.1) is 11.2 Å². The normalized spacial score (nSPS) is 34.6. The maximum absolute atomic E-state index is 13.4. The van der Waals surface area contributed by atoms with Crippen molar-refractivity contribution in [3.63, 3.8) is 0 Å². The number of nitrogens with zero attached hydrogens (tertiary/aromatic N) is 2. The Kier molecular flexibility index (Phi) is 6.33. The van der Waals surface area contributed by atoms with E-state index in [9.17, 15) is 14.7 Å². The highest BCUT2D eigenvalue weighted by atomic mass is 32.2. The van der Waals surface area contributed by atoms with Gasteiger partial charge in [0.15, 0.2) is 0 Å². The van der Waals surface area contributed by atoms with Gasteiger partial charge in [-0.3, -0.25) is 9.59 Å². The van der Waals surface area contributed by atoms with Crippen LogP contribution in [0.25, 0.3) is 0 Å². The number of amides is 1. The number of aromatic nitrogens is 1. The predicted molar refractivity (Wildman–Crippen MR) is 128 cm³/mol. The minimum Gasteiger partial charge on any atom is -0.481 e. The van der Waals surface area contributed by atoms with Crippen LogP contribution in [-0.4, -0.2) is 57.6 Å². The second-order valence-corrected chi connectivity index (χ2v) is 11.8. The highest BCUT2D eigenvalue weighted by Crippen LogP contribution is 2.55. The Hall–Kier alpha value is -1.80. The fourth-order valence-corrected chi connectivity index (χ4v) is 7.86. The molecule has 0 radical (unpaired) electrons. The van der Waals surface area contributed by atoms with Crippen LogP contribution < -0.4 is 10.2 Å². The monoisotopic (exact) mass is 473 g/mol. The summed E-state index contributed by atoms with van der Waals surface area (Å²) in [6.45, 7) is 3.61. The van der Waals surface area contributed by atoms with Crippen LogP contribution in [-0.2, 0) is 4.79 Å². The average Bonchev–Trinajstić information content (AvgIpc) is 3.21. The first kappa shape index (κ1) is 23.0. The highest BCUT2D eigenvalue weighted by molar-refractivity contribution is 7.99. The van der Waals surface area contributed by atoms with E-state index in [0.717, 1.165) is 68.1 Å². The Bertz CT molecular complexity index is 909. The van der Waals surface area contributed by atoms with Gasteiger partial charge in [-0.05, 0) is 86.5 Å². The van der Waals surface area contributed by atoms with Crippen molar-refractivity contribution in [2.45, 2.75) is 75.0 Å². The van der Waals surface area contributed by atoms with Crippen molar-refractivity contribution < 1.29 is 19.8 Å². The fraction of sp³-hybridized carbons (Fsp3) is 0.720. The van der Waals surface area contributed by atoms with E-state index in [1.807, 2.05) is 12.1 Å². The van der Waals surface area contributed by atoms with Gasteiger partial charge < -0.3 is 20.4 Å². The van der Waals surface area contributed by atoms with Crippen LogP contribution in [0.4, 0.5) is 5.82 Å². The smallest absolute Gasteiger partial charge is 0.303 e. The molecule has 2 heterocycles. The summed E-state index contributed by atoms with van der Waals surface area (Å²) in [5.74, 6) is 2.42. The summed E-state index contributed by atoms with van der Waals surface area (Å²) in [4.78, 5) is 31.5. The summed E-state index contributed by atoms with van der Waals surface area (Å²) < 4.78 is 0. The minimum atomic E-state index is -0.752. The molecule has 180 valence electrons. The number of carboxylic acids is 1. The van der Waals surface area contributed by atoms with Crippen molar-refractivity contribution in [3.8, 4) is 0 Å². The first-order valence-corrected chi connectivity index (χ1v) is 13.5. The molecule has 5 aliphatic rings. The highest BCUT2D eigenvalue weighted by Gasteiger charge is 2.55. The number of aliphatic hydroxyl groups is 1. The Morgan fingerprint density at radius 2 is 2.00 bits per heavy atom. The van der Waals surface area contributed by atoms with E-state index < -0.39 is 11.6 Å². The van der Waals surface area contributed by atoms with E-state index in [1.165, 1.54) is 0 Å². The van der Waals surface area contributed by atoms with Gasteiger partial charge in [-0.25, -0.2) is 4.98 Å². The molecule has 33 heavy (non-hydrogen) atoms. The van der Waals surface area contributed by atoms with Crippen LogP contribution in [0.2, 0.25) is 0 Å². The Labute approximate surface area is 199 Å². The molecule has 4 aliphatic carbocycles. The molecular weight excluding hydrogens is 438 g/mol. The summed E-state index contributed by atoms with van der Waals surface area (Å²) >= 11 is 1.62. The van der Waals surface area contributed by atoms with E-state index in [1.54, 1.807) is 11.8 Å². The third kappa shape index (κ3) is 4.74. The van der Waals surface area contributed by atoms with Gasteiger partial charge in [0.1, 0.15) is 10.8 Å². The molecule has 3 unspecified atom stereocenters. The van der Waals surface area contributed by atoms with Crippen molar-refractivity contribution >= 4 is 29.5 Å². The lowest BCUT2D eigenvalue weighted by Gasteiger charge is -2.58. The maximum Gasteiger partial charge on any atom is 0.303 e. The SMILES string of the molecule is CCCSc1nc(N2CCC(CC(=O)O)C2)ccc1C(=O)N[C@H]1C2CC3C[C@@H]1C[C@@](O)(C3)C2. The Morgan fingerprint density at radius 1 is 1.24 bits per heavy atom. The Balaban J connectivity index is 1.31. The van der Waals surface area contributed by atoms with Gasteiger partial charge in [-0.2, -0.15) is 0 Å². The Morgan fingerprint density at radius 3 is 2.67 bits per heavy atom. The topological polar surface area (TPSA) is 103 Å². The number of pyridine rings is 1. The largest absolute Gasteiger partial charge is 0.481 e. The van der Waals surface area contributed by atoms with Crippen molar-refractivity contribution in [1.29, 1.82) is 0 Å². The lowest BCUT2D eigenvalue weighted by atomic mass is 9.52. The van der Waals surface area contributed by atoms with Crippen LogP contribution in [0.3, 0.4) is 0 Å². The van der Waals surface area contributed by atoms with E-state index in [4.69, 9.17) is 10.1 Å². The number of aliphatic carboxylic acids is 1. The van der Waals surface area contributed by atoms with Gasteiger partial charge in [0, 0.05) is 25.6 Å². The molecule has 1 aromatic rings. The number of hydrogen-bond donors (Lipinski definition) is 3. The second kappa shape index (κ2) is 9.10. The zero-order valence-corrected chi connectivity index (χ0v) is 20.1. The molecule has 8 heteroatoms. The van der Waals surface area contributed by atoms with Gasteiger partial charge in [-0.1, -0.05) is 6.92 Å². The first-order valence-electron chi connectivity index (χ1n) is 12.5. The summed E-state index contributed by atoms with van der Waals surface area (Å²) in [6.07, 6.45) is 6.83. The van der Waals surface area contributed by atoms with Gasteiger partial charge in [0.25, 0.3) is 5.91 Å². The number of thioether (sulfide) groups is 1. The molecule has 4 saturated carbocycles. The molecule has 6 rings (SSSR count). The molecule has 0 aromatic carbocycles. The summed E-state index contributed by atoms with van der Waals surface area (Å²) in [5, 5.41) is 24.1. The molecule has 5 fully saturated rings. The molecule has 1 amide bonds. The lowest BCUT2D eigenvalue weighted by Crippen LogP contribution is -2.61. The summed E-state index contributed by atoms with van der Waals surface area (Å²) in [7, 11) is 0. The fourth-order valence-electron chi connectivity index (χ4n) is 6.99. The molecule has 1 aromatic heterocycles. The van der Waals surface area contributed by atoms with Crippen molar-refractivity contribution in [3.05, 3.63) is 17.7 Å². The third-order valence-electron chi connectivity index (χ3n) is 8.14. The van der Waals surface area contributed by atoms with Crippen LogP contribution in [0, 0.1) is 23.7 Å². The number of carbonyl (C=O) groups is 2. The quantitative estimate of drug-likeness (QED) is 0.496. The van der Waals surface area contributed by atoms with Crippen LogP contribution >= 0.6 is 11.8 Å². The van der Waals surface area contributed by atoms with E-state index in [2.05, 4.69) is 17.1 Å². The lowest BCUT2D eigenvalue weighted by molar-refractivity contribution is -0.138. The van der Waals surface area contributed by atoms with Crippen LogP contribution in [0.5, 0.6) is 0 Å². The van der Waals surface area contributed by atoms with E-state index in [0.29, 0.717) is 29.9 Å². The van der Waals surface area contributed by atoms with Crippen molar-refractivity contribution in [2.75, 3.05) is 23.7 Å². The number of carboxylic acid groups (broad SMARTS) is 1. The average molecular weight is 474 g/mol. The zero-order chi connectivity index (χ0) is 23.2. The van der Waals surface area contributed by atoms with Crippen molar-refractivity contribution in [1.82, 2.24) is 10.3 Å². The first-order chi connectivity index (χ1) is 15.8. The van der Waals surface area contributed by atoms with Gasteiger partial charge >= 0.3 is 5.97 Å². The van der Waals surface area contributed by atoms with E-state index in [-0.39, 0.29) is 24.3 Å². The molecule has 3 N–H and O–H groups in total. The van der Waals surface area contributed by atoms with Crippen LogP contribution in [0.1, 0.15) is 68.6 Å². The number of rotatable bonds is 8. The van der Waals surface area contributed by atoms with Crippen molar-refractivity contribution in [2.24, 2.45) is 23.7 Å². The molecule has 0 spiro atoms. The zero-order valence-electron chi connectivity index (χ0n) is 19.3. The number of nitrogens with one attached hydrogen (secondary N) is 1. The molecule has 1 saturated heterocycles. The third-order valence-corrected chi connectivity index (χ3v) is 9.34. The maximum atomic E-state index is 13.4. The molecule has 1 aliphatic heterocycles. The number of hydrogen-bond acceptors (Lipinski definition) is 6. The predicted octanol–water partition coefficient (Wildman–Crippen LogP) is 3.55. The standard InChI is InChI=1S/C25H35N3O4S/c1-2-7-33-24-19(3-4-20(26-24)28-6-5-15(14-28)10-21(29)30)23(31)27-22-17-8-16-9-18(22)13-25(32,11-16)12-17/h3-4,15-18,22,32H,2,5-14H2,1H3,(H,27,31)(H,29,30)/t15?,16?,17-,18?,22-,25+/m1/s1. The molecule has 4 bridgehead atoms. The van der Waals surface area contributed by atoms with Crippen LogP contribution in [0.15, 0.2) is 17.2 Å². The van der Waals surface area contributed by atoms with Gasteiger partial charge in [-0.15, -0.1) is 11.8 Å². The van der Waals surface area contributed by atoms with Gasteiger partial charge in [0.2, 0.25) is 0 Å². The molecule has 7 nitrogen and oxygen atoms in total. The molecular formula is C25H35N3O4S. The second-order valence-electron chi connectivity index (χ2n) is 10.8. The number of anilines is 1. The van der Waals surface area contributed by atoms with E-state index >= 15 is 0 Å². The summed E-state index contributed by atoms with van der Waals surface area (Å²) in [6, 6.07) is 3.95. The number of carbonyl (C=O) groups excluding carboxylic acids is 1. The molecule has 6 atom stereocenters. The minimum absolute atomic E-state index is 0.0534. The summed E-state index contributed by atoms with van der Waals surface area (Å²) in [5.41, 5.74) is 0.128.